The van der Waals surface area contributed by atoms with Crippen LogP contribution in [0.3, 0.4) is 0 Å². The summed E-state index contributed by atoms with van der Waals surface area (Å²) in [4.78, 5) is 0. The van der Waals surface area contributed by atoms with Crippen LogP contribution in [0.2, 0.25) is 5.04 Å². The smallest absolute Gasteiger partial charge is 0.261 e. The van der Waals surface area contributed by atoms with E-state index in [0.717, 1.165) is 5.56 Å². The van der Waals surface area contributed by atoms with Gasteiger partial charge in [0.25, 0.3) is 8.32 Å². The van der Waals surface area contributed by atoms with Gasteiger partial charge in [0, 0.05) is 20.8 Å². The fourth-order valence-electron chi connectivity index (χ4n) is 5.12. The monoisotopic (exact) mass is 563 g/mol. The van der Waals surface area contributed by atoms with Gasteiger partial charge in [-0.15, -0.1) is 6.58 Å². The van der Waals surface area contributed by atoms with Gasteiger partial charge in [0.1, 0.15) is 25.8 Å². The largest absolute Gasteiger partial charge is 0.405 e. The van der Waals surface area contributed by atoms with E-state index in [9.17, 15) is 0 Å². The van der Waals surface area contributed by atoms with Crippen molar-refractivity contribution in [2.75, 3.05) is 34.4 Å². The van der Waals surface area contributed by atoms with Gasteiger partial charge in [0.05, 0.1) is 12.6 Å². The molecule has 0 radical (unpaired) electrons. The summed E-state index contributed by atoms with van der Waals surface area (Å²) < 4.78 is 30.4. The highest BCUT2D eigenvalue weighted by Crippen LogP contribution is 2.37. The maximum Gasteiger partial charge on any atom is 0.261 e. The van der Waals surface area contributed by atoms with Gasteiger partial charge >= 0.3 is 0 Å². The molecule has 0 aliphatic rings. The highest BCUT2D eigenvalue weighted by Gasteiger charge is 2.51. The lowest BCUT2D eigenvalue weighted by Crippen LogP contribution is -2.67. The Morgan fingerprint density at radius 1 is 0.775 bits per heavy atom. The SMILES string of the molecule is C=C[C@@H](NCc1ccccc1)[C@H](OCOC)[C@H](CO[Si](c1ccccc1)(c1ccccc1)C(C)(C)C)OCOC. The molecule has 6 nitrogen and oxygen atoms in total. The summed E-state index contributed by atoms with van der Waals surface area (Å²) in [5.74, 6) is 0. The summed E-state index contributed by atoms with van der Waals surface area (Å²) >= 11 is 0. The topological polar surface area (TPSA) is 58.2 Å². The van der Waals surface area contributed by atoms with Crippen LogP contribution in [0.5, 0.6) is 0 Å². The van der Waals surface area contributed by atoms with Crippen molar-refractivity contribution in [1.29, 1.82) is 0 Å². The lowest BCUT2D eigenvalue weighted by Gasteiger charge is -2.44. The molecule has 3 aromatic carbocycles. The highest BCUT2D eigenvalue weighted by molar-refractivity contribution is 6.99. The maximum atomic E-state index is 7.22. The van der Waals surface area contributed by atoms with E-state index >= 15 is 0 Å². The number of benzene rings is 3. The molecule has 0 amide bonds. The van der Waals surface area contributed by atoms with E-state index in [1.165, 1.54) is 10.4 Å². The van der Waals surface area contributed by atoms with E-state index < -0.39 is 20.5 Å². The molecule has 0 bridgehead atoms. The molecule has 216 valence electrons. The molecule has 3 rings (SSSR count). The number of methoxy groups -OCH3 is 2. The van der Waals surface area contributed by atoms with Crippen LogP contribution in [0.4, 0.5) is 0 Å². The molecule has 0 saturated carbocycles. The summed E-state index contributed by atoms with van der Waals surface area (Å²) in [6, 6.07) is 31.2. The molecule has 0 unspecified atom stereocenters. The number of hydrogen-bond acceptors (Lipinski definition) is 6. The Morgan fingerprint density at radius 2 is 1.27 bits per heavy atom. The Morgan fingerprint density at radius 3 is 1.75 bits per heavy atom. The molecular weight excluding hydrogens is 518 g/mol. The van der Waals surface area contributed by atoms with Crippen molar-refractivity contribution < 1.29 is 23.4 Å². The van der Waals surface area contributed by atoms with Gasteiger partial charge in [0.2, 0.25) is 0 Å². The summed E-state index contributed by atoms with van der Waals surface area (Å²) in [7, 11) is 0.429. The van der Waals surface area contributed by atoms with Crippen LogP contribution in [0.25, 0.3) is 0 Å². The fourth-order valence-corrected chi connectivity index (χ4v) is 9.69. The third kappa shape index (κ3) is 8.21. The quantitative estimate of drug-likeness (QED) is 0.143. The molecule has 0 spiro atoms. The number of nitrogens with one attached hydrogen (secondary N) is 1. The molecule has 3 atom stereocenters. The minimum absolute atomic E-state index is 0.101. The first-order valence-corrected chi connectivity index (χ1v) is 15.6. The molecule has 1 N–H and O–H groups in total. The van der Waals surface area contributed by atoms with Crippen molar-refractivity contribution in [3.63, 3.8) is 0 Å². The van der Waals surface area contributed by atoms with Crippen LogP contribution in [-0.2, 0) is 29.9 Å². The first-order chi connectivity index (χ1) is 19.4. The zero-order chi connectivity index (χ0) is 28.8. The second-order valence-corrected chi connectivity index (χ2v) is 15.1. The predicted octanol–water partition coefficient (Wildman–Crippen LogP) is 4.89. The van der Waals surface area contributed by atoms with Gasteiger partial charge in [-0.25, -0.2) is 0 Å². The van der Waals surface area contributed by atoms with E-state index in [1.54, 1.807) is 14.2 Å². The van der Waals surface area contributed by atoms with Gasteiger partial charge in [-0.3, -0.25) is 0 Å². The third-order valence-electron chi connectivity index (χ3n) is 7.02. The van der Waals surface area contributed by atoms with Crippen molar-refractivity contribution >= 4 is 18.7 Å². The summed E-state index contributed by atoms with van der Waals surface area (Å²) in [6.07, 6.45) is 0.937. The second kappa shape index (κ2) is 16.0. The van der Waals surface area contributed by atoms with Gasteiger partial charge in [-0.05, 0) is 21.0 Å². The fraction of sp³-hybridized carbons (Fsp3) is 0.394. The lowest BCUT2D eigenvalue weighted by molar-refractivity contribution is -0.170. The first kappa shape index (κ1) is 31.9. The minimum Gasteiger partial charge on any atom is -0.405 e. The van der Waals surface area contributed by atoms with E-state index in [0.29, 0.717) is 13.2 Å². The zero-order valence-electron chi connectivity index (χ0n) is 24.5. The molecule has 3 aromatic rings. The van der Waals surface area contributed by atoms with Crippen LogP contribution in [0.15, 0.2) is 104 Å². The van der Waals surface area contributed by atoms with E-state index in [4.69, 9.17) is 23.4 Å². The Kier molecular flexibility index (Phi) is 12.7. The molecule has 40 heavy (non-hydrogen) atoms. The van der Waals surface area contributed by atoms with Crippen LogP contribution >= 0.6 is 0 Å². The predicted molar refractivity (Wildman–Crippen MR) is 164 cm³/mol. The van der Waals surface area contributed by atoms with Crippen molar-refractivity contribution in [2.24, 2.45) is 0 Å². The van der Waals surface area contributed by atoms with E-state index in [2.05, 4.69) is 93.3 Å². The molecule has 0 aliphatic carbocycles. The van der Waals surface area contributed by atoms with Crippen molar-refractivity contribution in [1.82, 2.24) is 5.32 Å². The van der Waals surface area contributed by atoms with Crippen molar-refractivity contribution in [3.05, 3.63) is 109 Å². The van der Waals surface area contributed by atoms with E-state index in [1.807, 2.05) is 36.4 Å². The van der Waals surface area contributed by atoms with Gasteiger partial charge in [-0.1, -0.05) is 118 Å². The molecule has 0 saturated heterocycles. The third-order valence-corrected chi connectivity index (χ3v) is 12.0. The summed E-state index contributed by atoms with van der Waals surface area (Å²) in [6.45, 7) is 12.0. The van der Waals surface area contributed by atoms with Gasteiger partial charge in [-0.2, -0.15) is 0 Å². The second-order valence-electron chi connectivity index (χ2n) is 10.8. The van der Waals surface area contributed by atoms with Crippen LogP contribution in [-0.4, -0.2) is 61.0 Å². The van der Waals surface area contributed by atoms with E-state index in [-0.39, 0.29) is 24.7 Å². The molecule has 7 heteroatoms. The molecular formula is C33H45NO5Si. The van der Waals surface area contributed by atoms with Crippen LogP contribution < -0.4 is 15.7 Å². The maximum absolute atomic E-state index is 7.22. The molecule has 0 fully saturated rings. The number of rotatable bonds is 17. The van der Waals surface area contributed by atoms with Crippen molar-refractivity contribution in [3.8, 4) is 0 Å². The Labute approximate surface area is 241 Å². The number of ether oxygens (including phenoxy) is 4. The summed E-state index contributed by atoms with van der Waals surface area (Å²) in [5, 5.41) is 5.82. The molecule has 0 aliphatic heterocycles. The molecule has 0 heterocycles. The number of hydrogen-bond donors (Lipinski definition) is 1. The standard InChI is InChI=1S/C33H45NO5Si/c1-7-30(34-23-27-17-11-8-12-18-27)32(38-26-36-6)31(37-25-35-5)24-39-40(33(2,3)4,28-19-13-9-14-20-28)29-21-15-10-16-22-29/h7-22,30-32,34H,1,23-26H2,2-6H3/t30-,31+,32+/m1/s1. The average molecular weight is 564 g/mol. The Bertz CT molecular complexity index is 1070. The van der Waals surface area contributed by atoms with Gasteiger partial charge in [0.15, 0.2) is 0 Å². The average Bonchev–Trinajstić information content (AvgIpc) is 2.98. The van der Waals surface area contributed by atoms with Crippen molar-refractivity contribution in [2.45, 2.75) is 50.6 Å². The van der Waals surface area contributed by atoms with Gasteiger partial charge < -0.3 is 28.7 Å². The van der Waals surface area contributed by atoms with Crippen LogP contribution in [0.1, 0.15) is 26.3 Å². The summed E-state index contributed by atoms with van der Waals surface area (Å²) in [5.41, 5.74) is 1.16. The van der Waals surface area contributed by atoms with Crippen LogP contribution in [0, 0.1) is 0 Å². The zero-order valence-corrected chi connectivity index (χ0v) is 25.5. The Balaban J connectivity index is 1.98. The molecule has 0 aromatic heterocycles. The highest BCUT2D eigenvalue weighted by atomic mass is 28.4. The normalized spacial score (nSPS) is 14.4. The minimum atomic E-state index is -2.80. The lowest BCUT2D eigenvalue weighted by atomic mass is 10.0. The Hall–Kier alpha value is -2.62. The first-order valence-electron chi connectivity index (χ1n) is 13.7.